The minimum atomic E-state index is -0.0970. The molecular formula is C19H23N7OS. The lowest BCUT2D eigenvalue weighted by molar-refractivity contribution is -0.113. The molecule has 28 heavy (non-hydrogen) atoms. The minimum Gasteiger partial charge on any atom is -0.310 e. The summed E-state index contributed by atoms with van der Waals surface area (Å²) < 4.78 is 3.62. The highest BCUT2D eigenvalue weighted by molar-refractivity contribution is 7.99. The Kier molecular flexibility index (Phi) is 5.43. The van der Waals surface area contributed by atoms with Gasteiger partial charge in [0.15, 0.2) is 0 Å². The summed E-state index contributed by atoms with van der Waals surface area (Å²) in [4.78, 5) is 12.5. The molecule has 1 aliphatic rings. The van der Waals surface area contributed by atoms with Gasteiger partial charge in [0.05, 0.1) is 23.7 Å². The number of rotatable bonds is 6. The first-order chi connectivity index (χ1) is 13.6. The predicted octanol–water partition coefficient (Wildman–Crippen LogP) is 3.32. The third-order valence-electron chi connectivity index (χ3n) is 4.97. The van der Waals surface area contributed by atoms with Crippen LogP contribution < -0.4 is 5.32 Å². The molecule has 4 rings (SSSR count). The van der Waals surface area contributed by atoms with E-state index in [9.17, 15) is 4.79 Å². The predicted molar refractivity (Wildman–Crippen MR) is 108 cm³/mol. The summed E-state index contributed by atoms with van der Waals surface area (Å²) in [5.74, 6) is 0.882. The van der Waals surface area contributed by atoms with Crippen molar-refractivity contribution in [2.75, 3.05) is 11.1 Å². The zero-order valence-electron chi connectivity index (χ0n) is 16.0. The maximum absolute atomic E-state index is 12.5. The summed E-state index contributed by atoms with van der Waals surface area (Å²) in [7, 11) is 0. The molecule has 8 nitrogen and oxygen atoms in total. The van der Waals surface area contributed by atoms with Gasteiger partial charge in [-0.3, -0.25) is 4.79 Å². The minimum absolute atomic E-state index is 0.0970. The molecule has 9 heteroatoms. The number of benzene rings is 1. The number of nitrogens with one attached hydrogen (secondary N) is 1. The summed E-state index contributed by atoms with van der Waals surface area (Å²) >= 11 is 1.32. The summed E-state index contributed by atoms with van der Waals surface area (Å²) in [6.07, 6.45) is 6.40. The summed E-state index contributed by atoms with van der Waals surface area (Å²) in [6.45, 7) is 4.04. The highest BCUT2D eigenvalue weighted by Crippen LogP contribution is 2.31. The Morgan fingerprint density at radius 1 is 1.25 bits per heavy atom. The fourth-order valence-electron chi connectivity index (χ4n) is 3.53. The average Bonchev–Trinajstić information content (AvgIpc) is 3.43. The van der Waals surface area contributed by atoms with E-state index in [1.165, 1.54) is 24.6 Å². The molecule has 2 heterocycles. The summed E-state index contributed by atoms with van der Waals surface area (Å²) in [5, 5.41) is 19.9. The molecule has 1 aliphatic carbocycles. The van der Waals surface area contributed by atoms with E-state index >= 15 is 0 Å². The van der Waals surface area contributed by atoms with Crippen LogP contribution in [0.15, 0.2) is 35.6 Å². The van der Waals surface area contributed by atoms with Gasteiger partial charge in [0.2, 0.25) is 11.1 Å². The molecule has 1 aromatic carbocycles. The monoisotopic (exact) mass is 397 g/mol. The molecule has 0 spiro atoms. The van der Waals surface area contributed by atoms with Crippen molar-refractivity contribution in [3.8, 4) is 5.69 Å². The van der Waals surface area contributed by atoms with Gasteiger partial charge >= 0.3 is 0 Å². The number of aromatic nitrogens is 6. The lowest BCUT2D eigenvalue weighted by atomic mass is 10.1. The Hall–Kier alpha value is -2.68. The van der Waals surface area contributed by atoms with Gasteiger partial charge in [-0.25, -0.2) is 4.68 Å². The maximum atomic E-state index is 12.5. The molecular weight excluding hydrogens is 374 g/mol. The van der Waals surface area contributed by atoms with E-state index in [4.69, 9.17) is 0 Å². The number of hydrogen-bond donors (Lipinski definition) is 1. The molecule has 2 aromatic heterocycles. The van der Waals surface area contributed by atoms with Crippen molar-refractivity contribution in [3.63, 3.8) is 0 Å². The Bertz CT molecular complexity index is 974. The quantitative estimate of drug-likeness (QED) is 0.642. The fraction of sp³-hybridized carbons (Fsp3) is 0.421. The van der Waals surface area contributed by atoms with Crippen molar-refractivity contribution in [1.29, 1.82) is 0 Å². The standard InChI is InChI=1S/C19H23N7OS/c1-13-7-8-14(2)16(11-13)26-19(22-23-24-26)28-12-18(27)21-17-9-10-20-25(17)15-5-3-4-6-15/h7-11,15H,3-6,12H2,1-2H3,(H,21,27). The third-order valence-corrected chi connectivity index (χ3v) is 5.89. The Morgan fingerprint density at radius 3 is 2.89 bits per heavy atom. The van der Waals surface area contributed by atoms with Crippen molar-refractivity contribution >= 4 is 23.5 Å². The van der Waals surface area contributed by atoms with Gasteiger partial charge in [0.25, 0.3) is 0 Å². The number of carbonyl (C=O) groups is 1. The average molecular weight is 398 g/mol. The summed E-state index contributed by atoms with van der Waals surface area (Å²) in [5.41, 5.74) is 3.13. The molecule has 3 aromatic rings. The molecule has 0 aliphatic heterocycles. The molecule has 1 amide bonds. The molecule has 0 bridgehead atoms. The van der Waals surface area contributed by atoms with Crippen LogP contribution in [-0.2, 0) is 4.79 Å². The van der Waals surface area contributed by atoms with E-state index in [1.54, 1.807) is 10.9 Å². The van der Waals surface area contributed by atoms with Crippen molar-refractivity contribution in [2.24, 2.45) is 0 Å². The highest BCUT2D eigenvalue weighted by Gasteiger charge is 2.21. The van der Waals surface area contributed by atoms with Crippen molar-refractivity contribution < 1.29 is 4.79 Å². The van der Waals surface area contributed by atoms with Crippen LogP contribution >= 0.6 is 11.8 Å². The Labute approximate surface area is 167 Å². The van der Waals surface area contributed by atoms with Gasteiger partial charge in [0, 0.05) is 6.07 Å². The van der Waals surface area contributed by atoms with Gasteiger partial charge < -0.3 is 5.32 Å². The Morgan fingerprint density at radius 2 is 2.07 bits per heavy atom. The lowest BCUT2D eigenvalue weighted by Crippen LogP contribution is -2.19. The van der Waals surface area contributed by atoms with Gasteiger partial charge in [-0.15, -0.1) is 5.10 Å². The van der Waals surface area contributed by atoms with Crippen molar-refractivity contribution in [1.82, 2.24) is 30.0 Å². The lowest BCUT2D eigenvalue weighted by Gasteiger charge is -2.14. The second kappa shape index (κ2) is 8.14. The number of aryl methyl sites for hydroxylation is 2. The van der Waals surface area contributed by atoms with Crippen LogP contribution in [0, 0.1) is 13.8 Å². The van der Waals surface area contributed by atoms with E-state index in [1.807, 2.05) is 36.7 Å². The molecule has 0 atom stereocenters. The van der Waals surface area contributed by atoms with Crippen LogP contribution in [0.25, 0.3) is 5.69 Å². The first-order valence-electron chi connectivity index (χ1n) is 9.44. The first kappa shape index (κ1) is 18.7. The van der Waals surface area contributed by atoms with E-state index in [0.29, 0.717) is 11.2 Å². The summed E-state index contributed by atoms with van der Waals surface area (Å²) in [6, 6.07) is 8.36. The second-order valence-corrected chi connectivity index (χ2v) is 8.04. The third kappa shape index (κ3) is 3.94. The van der Waals surface area contributed by atoms with E-state index < -0.39 is 0 Å². The first-order valence-corrected chi connectivity index (χ1v) is 10.4. The maximum Gasteiger partial charge on any atom is 0.235 e. The molecule has 1 N–H and O–H groups in total. The molecule has 1 fully saturated rings. The van der Waals surface area contributed by atoms with Crippen LogP contribution in [0.2, 0.25) is 0 Å². The number of hydrogen-bond acceptors (Lipinski definition) is 6. The number of amides is 1. The Balaban J connectivity index is 1.42. The number of carbonyl (C=O) groups excluding carboxylic acids is 1. The fourth-order valence-corrected chi connectivity index (χ4v) is 4.21. The van der Waals surface area contributed by atoms with Crippen molar-refractivity contribution in [3.05, 3.63) is 41.6 Å². The largest absolute Gasteiger partial charge is 0.310 e. The smallest absolute Gasteiger partial charge is 0.235 e. The van der Waals surface area contributed by atoms with E-state index in [-0.39, 0.29) is 11.7 Å². The highest BCUT2D eigenvalue weighted by atomic mass is 32.2. The number of thioether (sulfide) groups is 1. The molecule has 1 saturated carbocycles. The van der Waals surface area contributed by atoms with Crippen LogP contribution in [-0.4, -0.2) is 41.6 Å². The zero-order chi connectivity index (χ0) is 19.5. The van der Waals surface area contributed by atoms with E-state index in [2.05, 4.69) is 32.0 Å². The second-order valence-electron chi connectivity index (χ2n) is 7.10. The van der Waals surface area contributed by atoms with Crippen LogP contribution in [0.3, 0.4) is 0 Å². The SMILES string of the molecule is Cc1ccc(C)c(-n2nnnc2SCC(=O)Nc2ccnn2C2CCCC2)c1. The van der Waals surface area contributed by atoms with Crippen LogP contribution in [0.5, 0.6) is 0 Å². The van der Waals surface area contributed by atoms with Gasteiger partial charge in [-0.1, -0.05) is 36.7 Å². The molecule has 0 radical (unpaired) electrons. The number of anilines is 1. The topological polar surface area (TPSA) is 90.5 Å². The molecule has 146 valence electrons. The van der Waals surface area contributed by atoms with Gasteiger partial charge in [-0.2, -0.15) is 9.78 Å². The number of nitrogens with zero attached hydrogens (tertiary/aromatic N) is 6. The normalized spacial score (nSPS) is 14.5. The van der Waals surface area contributed by atoms with Gasteiger partial charge in [-0.05, 0) is 54.3 Å². The van der Waals surface area contributed by atoms with E-state index in [0.717, 1.165) is 35.5 Å². The van der Waals surface area contributed by atoms with Crippen molar-refractivity contribution in [2.45, 2.75) is 50.7 Å². The van der Waals surface area contributed by atoms with Crippen LogP contribution in [0.1, 0.15) is 42.9 Å². The molecule has 0 unspecified atom stereocenters. The number of tetrazole rings is 1. The van der Waals surface area contributed by atoms with Gasteiger partial charge in [0.1, 0.15) is 5.82 Å². The zero-order valence-corrected chi connectivity index (χ0v) is 16.8. The molecule has 0 saturated heterocycles. The van der Waals surface area contributed by atoms with Crippen LogP contribution in [0.4, 0.5) is 5.82 Å².